The predicted octanol–water partition coefficient (Wildman–Crippen LogP) is 5.02. The van der Waals surface area contributed by atoms with Gasteiger partial charge < -0.3 is 10.1 Å². The highest BCUT2D eigenvalue weighted by molar-refractivity contribution is 6.04. The fourth-order valence-electron chi connectivity index (χ4n) is 2.34. The van der Waals surface area contributed by atoms with Crippen molar-refractivity contribution in [3.05, 3.63) is 65.2 Å². The van der Waals surface area contributed by atoms with Crippen LogP contribution < -0.4 is 5.32 Å². The summed E-state index contributed by atoms with van der Waals surface area (Å²) < 4.78 is 5.20. The molecule has 4 heteroatoms. The molecule has 4 nitrogen and oxygen atoms in total. The molecule has 0 bridgehead atoms. The Bertz CT molecular complexity index is 720. The van der Waals surface area contributed by atoms with E-state index in [1.165, 1.54) is 5.56 Å². The molecule has 25 heavy (non-hydrogen) atoms. The highest BCUT2D eigenvalue weighted by Crippen LogP contribution is 2.17. The van der Waals surface area contributed by atoms with Crippen LogP contribution in [0.5, 0.6) is 0 Å². The molecule has 0 heterocycles. The van der Waals surface area contributed by atoms with Crippen LogP contribution in [0.1, 0.15) is 65.8 Å². The standard InChI is InChI=1S/C21H25NO3/c1-4-5-13-25-21(24)18-7-6-8-19(14-18)22-20(23)17-11-9-16(10-12-17)15(2)3/h6-12,14-15H,4-5,13H2,1-3H3,(H,22,23). The predicted molar refractivity (Wildman–Crippen MR) is 100 cm³/mol. The third-order valence-electron chi connectivity index (χ3n) is 3.93. The zero-order valence-electron chi connectivity index (χ0n) is 15.0. The van der Waals surface area contributed by atoms with Gasteiger partial charge in [-0.3, -0.25) is 4.79 Å². The van der Waals surface area contributed by atoms with Gasteiger partial charge >= 0.3 is 5.97 Å². The fraction of sp³-hybridized carbons (Fsp3) is 0.333. The zero-order chi connectivity index (χ0) is 18.2. The molecule has 0 aliphatic carbocycles. The third kappa shape index (κ3) is 5.45. The number of carbonyl (C=O) groups excluding carboxylic acids is 2. The van der Waals surface area contributed by atoms with Gasteiger partial charge in [-0.05, 0) is 48.2 Å². The van der Waals surface area contributed by atoms with Crippen molar-refractivity contribution in [3.8, 4) is 0 Å². The van der Waals surface area contributed by atoms with Crippen LogP contribution in [0.2, 0.25) is 0 Å². The van der Waals surface area contributed by atoms with Gasteiger partial charge in [-0.15, -0.1) is 0 Å². The van der Waals surface area contributed by atoms with Gasteiger partial charge in [0.15, 0.2) is 0 Å². The summed E-state index contributed by atoms with van der Waals surface area (Å²) >= 11 is 0. The lowest BCUT2D eigenvalue weighted by Crippen LogP contribution is -2.13. The number of esters is 1. The summed E-state index contributed by atoms with van der Waals surface area (Å²) in [7, 11) is 0. The van der Waals surface area contributed by atoms with Gasteiger partial charge in [-0.1, -0.05) is 45.4 Å². The summed E-state index contributed by atoms with van der Waals surface area (Å²) in [6.45, 7) is 6.67. The van der Waals surface area contributed by atoms with Gasteiger partial charge in [-0.25, -0.2) is 4.79 Å². The Kier molecular flexibility index (Phi) is 6.75. The molecule has 1 amide bonds. The summed E-state index contributed by atoms with van der Waals surface area (Å²) in [5.41, 5.74) is 2.78. The number of hydrogen-bond acceptors (Lipinski definition) is 3. The topological polar surface area (TPSA) is 55.4 Å². The molecule has 0 spiro atoms. The van der Waals surface area contributed by atoms with Crippen LogP contribution in [-0.4, -0.2) is 18.5 Å². The van der Waals surface area contributed by atoms with Crippen molar-refractivity contribution < 1.29 is 14.3 Å². The minimum Gasteiger partial charge on any atom is -0.462 e. The SMILES string of the molecule is CCCCOC(=O)c1cccc(NC(=O)c2ccc(C(C)C)cc2)c1. The van der Waals surface area contributed by atoms with Crippen molar-refractivity contribution in [3.63, 3.8) is 0 Å². The van der Waals surface area contributed by atoms with Crippen LogP contribution in [0.15, 0.2) is 48.5 Å². The molecule has 0 aliphatic heterocycles. The zero-order valence-corrected chi connectivity index (χ0v) is 15.0. The maximum atomic E-state index is 12.4. The van der Waals surface area contributed by atoms with E-state index in [1.54, 1.807) is 24.3 Å². The molecule has 0 radical (unpaired) electrons. The molecule has 0 unspecified atom stereocenters. The Hall–Kier alpha value is -2.62. The van der Waals surface area contributed by atoms with Crippen molar-refractivity contribution in [2.24, 2.45) is 0 Å². The summed E-state index contributed by atoms with van der Waals surface area (Å²) in [5, 5.41) is 2.82. The molecule has 0 aromatic heterocycles. The van der Waals surface area contributed by atoms with Gasteiger partial charge in [0, 0.05) is 11.3 Å². The van der Waals surface area contributed by atoms with Crippen molar-refractivity contribution >= 4 is 17.6 Å². The minimum atomic E-state index is -0.370. The number of unbranched alkanes of at least 4 members (excludes halogenated alkanes) is 1. The summed E-state index contributed by atoms with van der Waals surface area (Å²) in [5.74, 6) is -0.148. The number of rotatable bonds is 7. The number of carbonyl (C=O) groups is 2. The molecular weight excluding hydrogens is 314 g/mol. The Labute approximate surface area is 149 Å². The third-order valence-corrected chi connectivity index (χ3v) is 3.93. The average molecular weight is 339 g/mol. The Morgan fingerprint density at radius 3 is 2.40 bits per heavy atom. The number of benzene rings is 2. The molecule has 0 fully saturated rings. The van der Waals surface area contributed by atoms with Crippen molar-refractivity contribution in [2.45, 2.75) is 39.5 Å². The Morgan fingerprint density at radius 1 is 1.04 bits per heavy atom. The highest BCUT2D eigenvalue weighted by Gasteiger charge is 2.10. The Balaban J connectivity index is 2.03. The van der Waals surface area contributed by atoms with E-state index < -0.39 is 0 Å². The quantitative estimate of drug-likeness (QED) is 0.569. The normalized spacial score (nSPS) is 10.6. The van der Waals surface area contributed by atoms with Gasteiger partial charge in [-0.2, -0.15) is 0 Å². The van der Waals surface area contributed by atoms with E-state index in [0.717, 1.165) is 12.8 Å². The smallest absolute Gasteiger partial charge is 0.338 e. The second kappa shape index (κ2) is 9.02. The van der Waals surface area contributed by atoms with E-state index in [9.17, 15) is 9.59 Å². The first-order valence-corrected chi connectivity index (χ1v) is 8.69. The molecule has 0 saturated carbocycles. The van der Waals surface area contributed by atoms with Crippen molar-refractivity contribution in [1.82, 2.24) is 0 Å². The second-order valence-corrected chi connectivity index (χ2v) is 6.30. The first-order chi connectivity index (χ1) is 12.0. The molecule has 2 aromatic rings. The van der Waals surface area contributed by atoms with Gasteiger partial charge in [0.2, 0.25) is 0 Å². The maximum absolute atomic E-state index is 12.4. The van der Waals surface area contributed by atoms with Crippen molar-refractivity contribution in [2.75, 3.05) is 11.9 Å². The second-order valence-electron chi connectivity index (χ2n) is 6.30. The van der Waals surface area contributed by atoms with Gasteiger partial charge in [0.05, 0.1) is 12.2 Å². The van der Waals surface area contributed by atoms with E-state index in [2.05, 4.69) is 19.2 Å². The van der Waals surface area contributed by atoms with E-state index in [1.807, 2.05) is 31.2 Å². The number of ether oxygens (including phenoxy) is 1. The first kappa shape index (κ1) is 18.7. The maximum Gasteiger partial charge on any atom is 0.338 e. The van der Waals surface area contributed by atoms with Crippen LogP contribution in [0.25, 0.3) is 0 Å². The van der Waals surface area contributed by atoms with Crippen LogP contribution in [0.4, 0.5) is 5.69 Å². The Morgan fingerprint density at radius 2 is 1.76 bits per heavy atom. The largest absolute Gasteiger partial charge is 0.462 e. The lowest BCUT2D eigenvalue weighted by molar-refractivity contribution is 0.0499. The summed E-state index contributed by atoms with van der Waals surface area (Å²) in [6.07, 6.45) is 1.81. The monoisotopic (exact) mass is 339 g/mol. The van der Waals surface area contributed by atoms with E-state index in [-0.39, 0.29) is 11.9 Å². The minimum absolute atomic E-state index is 0.202. The first-order valence-electron chi connectivity index (χ1n) is 8.69. The van der Waals surface area contributed by atoms with Crippen LogP contribution in [-0.2, 0) is 4.74 Å². The van der Waals surface area contributed by atoms with E-state index in [0.29, 0.717) is 29.3 Å². The molecule has 0 atom stereocenters. The van der Waals surface area contributed by atoms with Crippen LogP contribution >= 0.6 is 0 Å². The molecule has 0 saturated heterocycles. The molecule has 1 N–H and O–H groups in total. The average Bonchev–Trinajstić information content (AvgIpc) is 2.62. The number of hydrogen-bond donors (Lipinski definition) is 1. The molecule has 2 aromatic carbocycles. The number of amides is 1. The lowest BCUT2D eigenvalue weighted by Gasteiger charge is -2.09. The molecule has 132 valence electrons. The molecular formula is C21H25NO3. The van der Waals surface area contributed by atoms with Crippen LogP contribution in [0.3, 0.4) is 0 Å². The molecule has 0 aliphatic rings. The van der Waals surface area contributed by atoms with E-state index in [4.69, 9.17) is 4.74 Å². The van der Waals surface area contributed by atoms with Gasteiger partial charge in [0.1, 0.15) is 0 Å². The summed E-state index contributed by atoms with van der Waals surface area (Å²) in [6, 6.07) is 14.3. The number of anilines is 1. The van der Waals surface area contributed by atoms with Crippen molar-refractivity contribution in [1.29, 1.82) is 0 Å². The van der Waals surface area contributed by atoms with Gasteiger partial charge in [0.25, 0.3) is 5.91 Å². The number of nitrogens with one attached hydrogen (secondary N) is 1. The van der Waals surface area contributed by atoms with Crippen LogP contribution in [0, 0.1) is 0 Å². The highest BCUT2D eigenvalue weighted by atomic mass is 16.5. The lowest BCUT2D eigenvalue weighted by atomic mass is 10.0. The fourth-order valence-corrected chi connectivity index (χ4v) is 2.34. The van der Waals surface area contributed by atoms with E-state index >= 15 is 0 Å². The summed E-state index contributed by atoms with van der Waals surface area (Å²) in [4.78, 5) is 24.4. The molecule has 2 rings (SSSR count).